The van der Waals surface area contributed by atoms with Crippen molar-refractivity contribution < 1.29 is 4.39 Å². The number of nitrogens with zero attached hydrogens (tertiary/aromatic N) is 2. The van der Waals surface area contributed by atoms with Crippen LogP contribution < -0.4 is 0 Å². The van der Waals surface area contributed by atoms with Gasteiger partial charge in [0.15, 0.2) is 0 Å². The van der Waals surface area contributed by atoms with E-state index in [-0.39, 0.29) is 5.82 Å². The molecule has 0 unspecified atom stereocenters. The van der Waals surface area contributed by atoms with Crippen LogP contribution in [0.2, 0.25) is 0 Å². The number of thiazole rings is 1. The maximum absolute atomic E-state index is 13.7. The number of hydrogen-bond acceptors (Lipinski definition) is 3. The molecular formula is C19H13FN2S. The second-order valence-electron chi connectivity index (χ2n) is 5.10. The van der Waals surface area contributed by atoms with Crippen molar-refractivity contribution in [3.63, 3.8) is 0 Å². The molecule has 0 aliphatic heterocycles. The van der Waals surface area contributed by atoms with Crippen LogP contribution in [0.4, 0.5) is 4.39 Å². The summed E-state index contributed by atoms with van der Waals surface area (Å²) in [7, 11) is 0. The molecule has 2 aromatic carbocycles. The largest absolute Gasteiger partial charge is 0.235 e. The summed E-state index contributed by atoms with van der Waals surface area (Å²) in [6, 6.07) is 16.5. The molecule has 4 heteroatoms. The highest BCUT2D eigenvalue weighted by Crippen LogP contribution is 2.27. The van der Waals surface area contributed by atoms with Crippen molar-refractivity contribution in [3.8, 4) is 17.3 Å². The van der Waals surface area contributed by atoms with E-state index in [9.17, 15) is 9.65 Å². The van der Waals surface area contributed by atoms with Gasteiger partial charge < -0.3 is 0 Å². The number of benzene rings is 2. The quantitative estimate of drug-likeness (QED) is 0.612. The van der Waals surface area contributed by atoms with E-state index in [2.05, 4.69) is 11.1 Å². The average Bonchev–Trinajstić information content (AvgIpc) is 3.04. The Balaban J connectivity index is 1.96. The minimum Gasteiger partial charge on any atom is -0.235 e. The average molecular weight is 320 g/mol. The molecule has 23 heavy (non-hydrogen) atoms. The number of nitriles is 1. The van der Waals surface area contributed by atoms with Gasteiger partial charge in [0.1, 0.15) is 16.9 Å². The molecule has 2 nitrogen and oxygen atoms in total. The normalized spacial score (nSPS) is 11.3. The van der Waals surface area contributed by atoms with Crippen LogP contribution in [0.3, 0.4) is 0 Å². The lowest BCUT2D eigenvalue weighted by molar-refractivity contribution is 0.625. The molecule has 112 valence electrons. The number of rotatable bonds is 3. The standard InChI is InChI=1S/C19H13FN2S/c1-13-6-8-14(9-7-13)18-12-23-19(22-18)16(11-21)10-15-4-2-3-5-17(15)20/h2-10,12H,1H3/b16-10+. The van der Waals surface area contributed by atoms with Crippen LogP contribution in [0, 0.1) is 24.1 Å². The Morgan fingerprint density at radius 2 is 1.91 bits per heavy atom. The predicted octanol–water partition coefficient (Wildman–Crippen LogP) is 5.32. The third kappa shape index (κ3) is 3.36. The first kappa shape index (κ1) is 15.1. The molecular weight excluding hydrogens is 307 g/mol. The van der Waals surface area contributed by atoms with Crippen LogP contribution in [0.1, 0.15) is 16.1 Å². The molecule has 0 aliphatic carbocycles. The van der Waals surface area contributed by atoms with Gasteiger partial charge in [0.25, 0.3) is 0 Å². The van der Waals surface area contributed by atoms with Gasteiger partial charge in [-0.2, -0.15) is 5.26 Å². The number of hydrogen-bond donors (Lipinski definition) is 0. The molecule has 0 spiro atoms. The lowest BCUT2D eigenvalue weighted by Gasteiger charge is -1.98. The van der Waals surface area contributed by atoms with Crippen molar-refractivity contribution >= 4 is 23.0 Å². The van der Waals surface area contributed by atoms with Gasteiger partial charge >= 0.3 is 0 Å². The van der Waals surface area contributed by atoms with Gasteiger partial charge in [-0.05, 0) is 19.1 Å². The van der Waals surface area contributed by atoms with E-state index in [0.717, 1.165) is 11.3 Å². The molecule has 1 heterocycles. The molecule has 0 amide bonds. The van der Waals surface area contributed by atoms with Crippen LogP contribution in [-0.4, -0.2) is 4.98 Å². The van der Waals surface area contributed by atoms with Crippen molar-refractivity contribution in [1.82, 2.24) is 4.98 Å². The van der Waals surface area contributed by atoms with Crippen molar-refractivity contribution in [2.45, 2.75) is 6.92 Å². The summed E-state index contributed by atoms with van der Waals surface area (Å²) in [5.41, 5.74) is 3.75. The minimum atomic E-state index is -0.351. The molecule has 0 saturated carbocycles. The van der Waals surface area contributed by atoms with Gasteiger partial charge in [-0.25, -0.2) is 9.37 Å². The van der Waals surface area contributed by atoms with Gasteiger partial charge in [0.05, 0.1) is 11.3 Å². The fourth-order valence-electron chi connectivity index (χ4n) is 2.14. The molecule has 1 aromatic heterocycles. The lowest BCUT2D eigenvalue weighted by Crippen LogP contribution is -1.85. The monoisotopic (exact) mass is 320 g/mol. The molecule has 0 bridgehead atoms. The fourth-order valence-corrected chi connectivity index (χ4v) is 2.94. The minimum absolute atomic E-state index is 0.351. The number of aryl methyl sites for hydroxylation is 1. The van der Waals surface area contributed by atoms with Crippen LogP contribution in [0.15, 0.2) is 53.9 Å². The van der Waals surface area contributed by atoms with Crippen LogP contribution in [0.25, 0.3) is 22.9 Å². The first-order valence-electron chi connectivity index (χ1n) is 7.06. The summed E-state index contributed by atoms with van der Waals surface area (Å²) >= 11 is 1.38. The first-order valence-corrected chi connectivity index (χ1v) is 7.94. The van der Waals surface area contributed by atoms with Crippen molar-refractivity contribution in [2.24, 2.45) is 0 Å². The van der Waals surface area contributed by atoms with Gasteiger partial charge in [-0.1, -0.05) is 48.0 Å². The fraction of sp³-hybridized carbons (Fsp3) is 0.0526. The summed E-state index contributed by atoms with van der Waals surface area (Å²) < 4.78 is 13.7. The third-order valence-corrected chi connectivity index (χ3v) is 4.28. The Morgan fingerprint density at radius 3 is 2.61 bits per heavy atom. The maximum atomic E-state index is 13.7. The van der Waals surface area contributed by atoms with E-state index >= 15 is 0 Å². The SMILES string of the molecule is Cc1ccc(-c2csc(/C(C#N)=C/c3ccccc3F)n2)cc1. The third-order valence-electron chi connectivity index (χ3n) is 3.41. The molecule has 0 aliphatic rings. The summed E-state index contributed by atoms with van der Waals surface area (Å²) in [6.45, 7) is 2.03. The van der Waals surface area contributed by atoms with Gasteiger partial charge in [-0.15, -0.1) is 11.3 Å². The van der Waals surface area contributed by atoms with E-state index in [4.69, 9.17) is 0 Å². The molecule has 0 atom stereocenters. The zero-order valence-corrected chi connectivity index (χ0v) is 13.3. The highest BCUT2D eigenvalue weighted by Gasteiger charge is 2.10. The first-order chi connectivity index (χ1) is 11.2. The second-order valence-corrected chi connectivity index (χ2v) is 5.95. The molecule has 3 aromatic rings. The van der Waals surface area contributed by atoms with Crippen LogP contribution >= 0.6 is 11.3 Å². The Labute approximate surface area is 138 Å². The smallest absolute Gasteiger partial charge is 0.134 e. The Morgan fingerprint density at radius 1 is 1.17 bits per heavy atom. The highest BCUT2D eigenvalue weighted by atomic mass is 32.1. The molecule has 3 rings (SSSR count). The van der Waals surface area contributed by atoms with Crippen molar-refractivity contribution in [1.29, 1.82) is 5.26 Å². The summed E-state index contributed by atoms with van der Waals surface area (Å²) in [5, 5.41) is 11.9. The van der Waals surface area contributed by atoms with Gasteiger partial charge in [0.2, 0.25) is 0 Å². The van der Waals surface area contributed by atoms with Gasteiger partial charge in [0, 0.05) is 16.5 Å². The Bertz CT molecular complexity index is 902. The van der Waals surface area contributed by atoms with E-state index in [1.54, 1.807) is 18.2 Å². The second kappa shape index (κ2) is 6.55. The van der Waals surface area contributed by atoms with E-state index in [0.29, 0.717) is 16.1 Å². The van der Waals surface area contributed by atoms with E-state index in [1.807, 2.05) is 36.6 Å². The lowest BCUT2D eigenvalue weighted by atomic mass is 10.1. The van der Waals surface area contributed by atoms with Crippen molar-refractivity contribution in [2.75, 3.05) is 0 Å². The van der Waals surface area contributed by atoms with E-state index in [1.165, 1.54) is 29.0 Å². The molecule has 0 radical (unpaired) electrons. The topological polar surface area (TPSA) is 36.7 Å². The zero-order chi connectivity index (χ0) is 16.2. The number of aromatic nitrogens is 1. The maximum Gasteiger partial charge on any atom is 0.134 e. The predicted molar refractivity (Wildman–Crippen MR) is 92.2 cm³/mol. The molecule has 0 saturated heterocycles. The van der Waals surface area contributed by atoms with E-state index < -0.39 is 0 Å². The highest BCUT2D eigenvalue weighted by molar-refractivity contribution is 7.11. The van der Waals surface area contributed by atoms with Crippen LogP contribution in [-0.2, 0) is 0 Å². The number of allylic oxidation sites excluding steroid dienone is 1. The summed E-state index contributed by atoms with van der Waals surface area (Å²) in [6.07, 6.45) is 1.53. The Hall–Kier alpha value is -2.77. The van der Waals surface area contributed by atoms with Crippen LogP contribution in [0.5, 0.6) is 0 Å². The van der Waals surface area contributed by atoms with Gasteiger partial charge in [-0.3, -0.25) is 0 Å². The summed E-state index contributed by atoms with van der Waals surface area (Å²) in [5.74, 6) is -0.351. The molecule has 0 N–H and O–H groups in total. The summed E-state index contributed by atoms with van der Waals surface area (Å²) in [4.78, 5) is 4.51. The molecule has 0 fully saturated rings. The zero-order valence-electron chi connectivity index (χ0n) is 12.5. The Kier molecular flexibility index (Phi) is 4.31. The van der Waals surface area contributed by atoms with Crippen molar-refractivity contribution in [3.05, 3.63) is 75.9 Å². The number of halogens is 1.